The van der Waals surface area contributed by atoms with Crippen molar-refractivity contribution in [1.29, 1.82) is 0 Å². The molecule has 2 saturated heterocycles. The zero-order chi connectivity index (χ0) is 21.4. The highest BCUT2D eigenvalue weighted by Crippen LogP contribution is 2.43. The quantitative estimate of drug-likeness (QED) is 0.518. The molecule has 30 heavy (non-hydrogen) atoms. The molecule has 2 atom stereocenters. The Bertz CT molecular complexity index is 917. The first-order valence-corrected chi connectivity index (χ1v) is 12.7. The number of carbonyl (C=O) groups is 2. The zero-order valence-electron chi connectivity index (χ0n) is 17.2. The van der Waals surface area contributed by atoms with Gasteiger partial charge in [0.1, 0.15) is 4.21 Å². The molecule has 1 amide bonds. The Morgan fingerprint density at radius 1 is 1.10 bits per heavy atom. The van der Waals surface area contributed by atoms with Gasteiger partial charge in [0, 0.05) is 26.2 Å². The second-order valence-corrected chi connectivity index (χ2v) is 11.6. The first-order chi connectivity index (χ1) is 14.4. The van der Waals surface area contributed by atoms with Gasteiger partial charge < -0.3 is 9.64 Å². The minimum absolute atomic E-state index is 0.0254. The van der Waals surface area contributed by atoms with Crippen molar-refractivity contribution in [3.63, 3.8) is 0 Å². The standard InChI is InChI=1S/C21H28N2O5S2/c1-28-20(25)17-6-3-2-5-16(17)19(24)22-11-8-21(15-22)9-12-23(13-10-21)30(26,27)18-7-4-14-29-18/h2-4,7,14,16-17H,5-6,8-13,15H2,1H3/t16-,17+/m1/s1. The van der Waals surface area contributed by atoms with Crippen LogP contribution in [0, 0.1) is 17.3 Å². The minimum atomic E-state index is -3.42. The number of hydrogen-bond acceptors (Lipinski definition) is 6. The number of methoxy groups -OCH3 is 1. The minimum Gasteiger partial charge on any atom is -0.469 e. The molecule has 4 rings (SSSR count). The first kappa shape index (κ1) is 21.5. The largest absolute Gasteiger partial charge is 0.469 e. The van der Waals surface area contributed by atoms with Crippen LogP contribution in [-0.2, 0) is 24.3 Å². The van der Waals surface area contributed by atoms with E-state index < -0.39 is 15.9 Å². The Labute approximate surface area is 181 Å². The van der Waals surface area contributed by atoms with E-state index in [2.05, 4.69) is 0 Å². The maximum atomic E-state index is 13.2. The Morgan fingerprint density at radius 3 is 2.40 bits per heavy atom. The fourth-order valence-corrected chi connectivity index (χ4v) is 7.59. The molecule has 0 N–H and O–H groups in total. The summed E-state index contributed by atoms with van der Waals surface area (Å²) in [5.41, 5.74) is -0.0254. The Hall–Kier alpha value is -1.71. The van der Waals surface area contributed by atoms with E-state index >= 15 is 0 Å². The van der Waals surface area contributed by atoms with Gasteiger partial charge in [0.2, 0.25) is 5.91 Å². The molecule has 7 nitrogen and oxygen atoms in total. The predicted octanol–water partition coefficient (Wildman–Crippen LogP) is 2.51. The number of hydrogen-bond donors (Lipinski definition) is 0. The monoisotopic (exact) mass is 452 g/mol. The van der Waals surface area contributed by atoms with E-state index in [4.69, 9.17) is 4.74 Å². The van der Waals surface area contributed by atoms with Crippen molar-refractivity contribution in [2.24, 2.45) is 17.3 Å². The van der Waals surface area contributed by atoms with E-state index in [9.17, 15) is 18.0 Å². The van der Waals surface area contributed by atoms with Crippen LogP contribution in [0.4, 0.5) is 0 Å². The van der Waals surface area contributed by atoms with Crippen LogP contribution in [-0.4, -0.2) is 62.8 Å². The summed E-state index contributed by atoms with van der Waals surface area (Å²) >= 11 is 1.25. The molecule has 0 aromatic carbocycles. The summed E-state index contributed by atoms with van der Waals surface area (Å²) in [5.74, 6) is -1.07. The SMILES string of the molecule is COC(=O)[C@H]1CC=CC[C@H]1C(=O)N1CCC2(CCN(S(=O)(=O)c3cccs3)CC2)C1. The zero-order valence-corrected chi connectivity index (χ0v) is 18.8. The van der Waals surface area contributed by atoms with Gasteiger partial charge in [-0.2, -0.15) is 4.31 Å². The molecule has 164 valence electrons. The number of amides is 1. The van der Waals surface area contributed by atoms with E-state index in [0.29, 0.717) is 43.2 Å². The average Bonchev–Trinajstić information content (AvgIpc) is 3.44. The number of rotatable bonds is 4. The van der Waals surface area contributed by atoms with Crippen molar-refractivity contribution < 1.29 is 22.7 Å². The smallest absolute Gasteiger partial charge is 0.309 e. The molecule has 1 aromatic rings. The van der Waals surface area contributed by atoms with Gasteiger partial charge in [0.25, 0.3) is 10.0 Å². The number of ether oxygens (including phenoxy) is 1. The molecule has 0 radical (unpaired) electrons. The van der Waals surface area contributed by atoms with Crippen LogP contribution in [0.2, 0.25) is 0 Å². The number of allylic oxidation sites excluding steroid dienone is 2. The highest BCUT2D eigenvalue weighted by atomic mass is 32.2. The Morgan fingerprint density at radius 2 is 1.77 bits per heavy atom. The van der Waals surface area contributed by atoms with Crippen molar-refractivity contribution in [3.05, 3.63) is 29.7 Å². The topological polar surface area (TPSA) is 84.0 Å². The van der Waals surface area contributed by atoms with Crippen molar-refractivity contribution in [2.75, 3.05) is 33.3 Å². The van der Waals surface area contributed by atoms with Gasteiger partial charge in [0.05, 0.1) is 18.9 Å². The van der Waals surface area contributed by atoms with Crippen molar-refractivity contribution in [2.45, 2.75) is 36.3 Å². The second-order valence-electron chi connectivity index (χ2n) is 8.52. The molecule has 1 spiro atoms. The second kappa shape index (κ2) is 8.43. The summed E-state index contributed by atoms with van der Waals surface area (Å²) in [6.07, 6.45) is 7.42. The normalized spacial score (nSPS) is 26.8. The molecular formula is C21H28N2O5S2. The summed E-state index contributed by atoms with van der Waals surface area (Å²) in [6.45, 7) is 2.29. The summed E-state index contributed by atoms with van der Waals surface area (Å²) in [7, 11) is -2.05. The molecule has 1 aromatic heterocycles. The Kier molecular flexibility index (Phi) is 6.05. The number of carbonyl (C=O) groups excluding carboxylic acids is 2. The molecule has 2 fully saturated rings. The summed E-state index contributed by atoms with van der Waals surface area (Å²) in [6, 6.07) is 3.40. The number of piperidine rings is 1. The highest BCUT2D eigenvalue weighted by molar-refractivity contribution is 7.91. The lowest BCUT2D eigenvalue weighted by Crippen LogP contribution is -2.46. The third-order valence-corrected chi connectivity index (χ3v) is 10.1. The van der Waals surface area contributed by atoms with E-state index in [1.54, 1.807) is 21.8 Å². The van der Waals surface area contributed by atoms with E-state index in [1.165, 1.54) is 18.4 Å². The highest BCUT2D eigenvalue weighted by Gasteiger charge is 2.46. The van der Waals surface area contributed by atoms with Gasteiger partial charge in [-0.3, -0.25) is 9.59 Å². The first-order valence-electron chi connectivity index (χ1n) is 10.4. The van der Waals surface area contributed by atoms with Crippen molar-refractivity contribution in [3.8, 4) is 0 Å². The maximum absolute atomic E-state index is 13.2. The Balaban J connectivity index is 1.39. The summed E-state index contributed by atoms with van der Waals surface area (Å²) in [4.78, 5) is 27.2. The predicted molar refractivity (Wildman–Crippen MR) is 113 cm³/mol. The number of sulfonamides is 1. The van der Waals surface area contributed by atoms with Gasteiger partial charge in [0.15, 0.2) is 0 Å². The number of likely N-dealkylation sites (tertiary alicyclic amines) is 1. The van der Waals surface area contributed by atoms with Crippen LogP contribution in [0.15, 0.2) is 33.9 Å². The van der Waals surface area contributed by atoms with Gasteiger partial charge in [-0.15, -0.1) is 11.3 Å². The number of esters is 1. The van der Waals surface area contributed by atoms with Gasteiger partial charge >= 0.3 is 5.97 Å². The van der Waals surface area contributed by atoms with E-state index in [0.717, 1.165) is 19.3 Å². The van der Waals surface area contributed by atoms with Crippen LogP contribution in [0.5, 0.6) is 0 Å². The third-order valence-electron chi connectivity index (χ3n) is 6.88. The molecule has 0 saturated carbocycles. The van der Waals surface area contributed by atoms with Crippen molar-refractivity contribution >= 4 is 33.2 Å². The third kappa shape index (κ3) is 3.94. The lowest BCUT2D eigenvalue weighted by Gasteiger charge is -2.38. The summed E-state index contributed by atoms with van der Waals surface area (Å²) < 4.78 is 32.4. The average molecular weight is 453 g/mol. The molecule has 1 aliphatic carbocycles. The van der Waals surface area contributed by atoms with Crippen LogP contribution >= 0.6 is 11.3 Å². The maximum Gasteiger partial charge on any atom is 0.309 e. The van der Waals surface area contributed by atoms with Crippen LogP contribution in [0.1, 0.15) is 32.1 Å². The number of thiophene rings is 1. The van der Waals surface area contributed by atoms with Crippen molar-refractivity contribution in [1.82, 2.24) is 9.21 Å². The van der Waals surface area contributed by atoms with Crippen LogP contribution in [0.3, 0.4) is 0 Å². The van der Waals surface area contributed by atoms with Crippen LogP contribution in [0.25, 0.3) is 0 Å². The lowest BCUT2D eigenvalue weighted by atomic mass is 9.78. The fourth-order valence-electron chi connectivity index (χ4n) is 5.00. The van der Waals surface area contributed by atoms with Crippen LogP contribution < -0.4 is 0 Å². The molecular weight excluding hydrogens is 424 g/mol. The van der Waals surface area contributed by atoms with E-state index in [1.807, 2.05) is 17.1 Å². The van der Waals surface area contributed by atoms with Gasteiger partial charge in [-0.1, -0.05) is 18.2 Å². The number of nitrogens with zero attached hydrogens (tertiary/aromatic N) is 2. The molecule has 9 heteroatoms. The molecule has 0 unspecified atom stereocenters. The van der Waals surface area contributed by atoms with E-state index in [-0.39, 0.29) is 23.2 Å². The fraction of sp³-hybridized carbons (Fsp3) is 0.619. The lowest BCUT2D eigenvalue weighted by molar-refractivity contribution is -0.153. The summed E-state index contributed by atoms with van der Waals surface area (Å²) in [5, 5.41) is 1.78. The molecule has 0 bridgehead atoms. The van der Waals surface area contributed by atoms with Gasteiger partial charge in [-0.25, -0.2) is 8.42 Å². The molecule has 3 heterocycles. The van der Waals surface area contributed by atoms with Gasteiger partial charge in [-0.05, 0) is 49.0 Å². The molecule has 3 aliphatic rings. The molecule has 2 aliphatic heterocycles.